The lowest BCUT2D eigenvalue weighted by Gasteiger charge is -2.14. The highest BCUT2D eigenvalue weighted by Crippen LogP contribution is 1.99. The number of urea groups is 1. The Hall–Kier alpha value is -2.90. The summed E-state index contributed by atoms with van der Waals surface area (Å²) in [6, 6.07) is 8.26. The van der Waals surface area contributed by atoms with Crippen molar-refractivity contribution in [1.29, 1.82) is 0 Å². The van der Waals surface area contributed by atoms with Crippen LogP contribution in [0.2, 0.25) is 0 Å². The number of benzene rings is 1. The molecule has 25 heavy (non-hydrogen) atoms. The second-order valence-corrected chi connectivity index (χ2v) is 5.69. The molecule has 3 N–H and O–H groups in total. The molecule has 0 radical (unpaired) electrons. The highest BCUT2D eigenvalue weighted by atomic mass is 16.5. The number of hydrogen-bond acceptors (Lipinski definition) is 5. The number of ether oxygens (including phenoxy) is 1. The Labute approximate surface area is 146 Å². The van der Waals surface area contributed by atoms with Crippen molar-refractivity contribution in [1.82, 2.24) is 16.0 Å². The molecule has 0 saturated carbocycles. The van der Waals surface area contributed by atoms with E-state index in [1.807, 2.05) is 18.2 Å². The van der Waals surface area contributed by atoms with Crippen molar-refractivity contribution in [2.45, 2.75) is 39.3 Å². The molecule has 0 aromatic heterocycles. The molecule has 0 heterocycles. The van der Waals surface area contributed by atoms with Crippen LogP contribution in [0.3, 0.4) is 0 Å². The Bertz CT molecular complexity index is 616. The van der Waals surface area contributed by atoms with Crippen molar-refractivity contribution in [3.05, 3.63) is 35.9 Å². The fourth-order valence-corrected chi connectivity index (χ4v) is 1.82. The summed E-state index contributed by atoms with van der Waals surface area (Å²) in [6.07, 6.45) is -1.02. The fourth-order valence-electron chi connectivity index (χ4n) is 1.82. The van der Waals surface area contributed by atoms with Crippen LogP contribution in [0.5, 0.6) is 0 Å². The van der Waals surface area contributed by atoms with Gasteiger partial charge in [0.1, 0.15) is 6.54 Å². The topological polar surface area (TPSA) is 114 Å². The second-order valence-electron chi connectivity index (χ2n) is 5.69. The molecular weight excluding hydrogens is 326 g/mol. The highest BCUT2D eigenvalue weighted by molar-refractivity contribution is 5.97. The van der Waals surface area contributed by atoms with E-state index in [0.717, 1.165) is 5.56 Å². The van der Waals surface area contributed by atoms with Crippen LogP contribution < -0.4 is 16.0 Å². The normalized spacial score (nSPS) is 11.4. The Morgan fingerprint density at radius 3 is 2.28 bits per heavy atom. The fraction of sp³-hybridized carbons (Fsp3) is 0.412. The molecular formula is C17H23N3O5. The van der Waals surface area contributed by atoms with Gasteiger partial charge in [-0.1, -0.05) is 30.3 Å². The third-order valence-electron chi connectivity index (χ3n) is 2.97. The van der Waals surface area contributed by atoms with Crippen LogP contribution in [0.25, 0.3) is 0 Å². The van der Waals surface area contributed by atoms with Crippen molar-refractivity contribution < 1.29 is 23.9 Å². The summed E-state index contributed by atoms with van der Waals surface area (Å²) < 4.78 is 4.87. The maximum Gasteiger partial charge on any atom is 0.326 e. The number of esters is 1. The molecule has 0 saturated heterocycles. The van der Waals surface area contributed by atoms with E-state index < -0.39 is 24.0 Å². The largest absolute Gasteiger partial charge is 0.451 e. The molecule has 0 bridgehead atoms. The van der Waals surface area contributed by atoms with E-state index in [4.69, 9.17) is 4.74 Å². The Kier molecular flexibility index (Phi) is 8.11. The summed E-state index contributed by atoms with van der Waals surface area (Å²) in [7, 11) is 0. The van der Waals surface area contributed by atoms with Crippen molar-refractivity contribution in [2.75, 3.05) is 6.54 Å². The first kappa shape index (κ1) is 20.1. The number of carbonyl (C=O) groups is 4. The predicted octanol–water partition coefficient (Wildman–Crippen LogP) is 0.511. The predicted molar refractivity (Wildman–Crippen MR) is 90.5 cm³/mol. The Morgan fingerprint density at radius 2 is 1.68 bits per heavy atom. The third-order valence-corrected chi connectivity index (χ3v) is 2.97. The van der Waals surface area contributed by atoms with E-state index in [2.05, 4.69) is 16.0 Å². The van der Waals surface area contributed by atoms with E-state index in [9.17, 15) is 19.2 Å². The average Bonchev–Trinajstić information content (AvgIpc) is 2.53. The summed E-state index contributed by atoms with van der Waals surface area (Å²) >= 11 is 0. The Balaban J connectivity index is 2.31. The standard InChI is InChI=1S/C17H23N3O5/c1-11(2)19-17(24)20-16(23)12(3)25-15(22)10-18-14(21)9-13-7-5-4-6-8-13/h4-8,11-12H,9-10H2,1-3H3,(H,18,21)(H2,19,20,23,24)/t12-/m0/s1. The SMILES string of the molecule is CC(C)NC(=O)NC(=O)[C@H](C)OC(=O)CNC(=O)Cc1ccccc1. The lowest BCUT2D eigenvalue weighted by molar-refractivity contribution is -0.154. The zero-order chi connectivity index (χ0) is 18.8. The van der Waals surface area contributed by atoms with Gasteiger partial charge in [-0.15, -0.1) is 0 Å². The maximum absolute atomic E-state index is 11.7. The van der Waals surface area contributed by atoms with Crippen LogP contribution in [0, 0.1) is 0 Å². The monoisotopic (exact) mass is 349 g/mol. The smallest absolute Gasteiger partial charge is 0.326 e. The summed E-state index contributed by atoms with van der Waals surface area (Å²) in [5.41, 5.74) is 0.817. The van der Waals surface area contributed by atoms with Crippen molar-refractivity contribution in [3.8, 4) is 0 Å². The van der Waals surface area contributed by atoms with Gasteiger partial charge in [0.15, 0.2) is 6.10 Å². The second kappa shape index (κ2) is 10.1. The third kappa shape index (κ3) is 8.50. The van der Waals surface area contributed by atoms with Crippen LogP contribution in [0.4, 0.5) is 4.79 Å². The van der Waals surface area contributed by atoms with Gasteiger partial charge in [0.05, 0.1) is 6.42 Å². The van der Waals surface area contributed by atoms with Crippen LogP contribution >= 0.6 is 0 Å². The van der Waals surface area contributed by atoms with Gasteiger partial charge in [-0.05, 0) is 26.3 Å². The molecule has 0 aliphatic rings. The van der Waals surface area contributed by atoms with E-state index >= 15 is 0 Å². The molecule has 0 aliphatic carbocycles. The van der Waals surface area contributed by atoms with E-state index in [-0.39, 0.29) is 24.9 Å². The van der Waals surface area contributed by atoms with Gasteiger partial charge < -0.3 is 15.4 Å². The number of hydrogen-bond donors (Lipinski definition) is 3. The zero-order valence-electron chi connectivity index (χ0n) is 14.5. The van der Waals surface area contributed by atoms with E-state index in [1.54, 1.807) is 26.0 Å². The number of amides is 4. The van der Waals surface area contributed by atoms with Gasteiger partial charge in [0.2, 0.25) is 5.91 Å². The van der Waals surface area contributed by atoms with Gasteiger partial charge in [-0.3, -0.25) is 19.7 Å². The van der Waals surface area contributed by atoms with E-state index in [0.29, 0.717) is 0 Å². The van der Waals surface area contributed by atoms with Gasteiger partial charge in [-0.25, -0.2) is 4.79 Å². The minimum Gasteiger partial charge on any atom is -0.451 e. The first-order valence-corrected chi connectivity index (χ1v) is 7.89. The first-order valence-electron chi connectivity index (χ1n) is 7.89. The zero-order valence-corrected chi connectivity index (χ0v) is 14.5. The molecule has 136 valence electrons. The summed E-state index contributed by atoms with van der Waals surface area (Å²) in [6.45, 7) is 4.46. The quantitative estimate of drug-likeness (QED) is 0.621. The first-order chi connectivity index (χ1) is 11.8. The lowest BCUT2D eigenvalue weighted by Crippen LogP contribution is -2.47. The molecule has 4 amide bonds. The molecule has 8 heteroatoms. The van der Waals surface area contributed by atoms with Crippen LogP contribution in [0.1, 0.15) is 26.3 Å². The number of imide groups is 1. The van der Waals surface area contributed by atoms with Crippen molar-refractivity contribution in [3.63, 3.8) is 0 Å². The number of nitrogens with one attached hydrogen (secondary N) is 3. The number of carbonyl (C=O) groups excluding carboxylic acids is 4. The van der Waals surface area contributed by atoms with Gasteiger partial charge in [-0.2, -0.15) is 0 Å². The van der Waals surface area contributed by atoms with Crippen LogP contribution in [0.15, 0.2) is 30.3 Å². The van der Waals surface area contributed by atoms with Crippen molar-refractivity contribution >= 4 is 23.8 Å². The molecule has 1 atom stereocenters. The Morgan fingerprint density at radius 1 is 1.04 bits per heavy atom. The molecule has 0 aliphatic heterocycles. The van der Waals surface area contributed by atoms with Gasteiger partial charge in [0.25, 0.3) is 5.91 Å². The van der Waals surface area contributed by atoms with Crippen LogP contribution in [-0.4, -0.2) is 42.5 Å². The molecule has 0 spiro atoms. The molecule has 0 unspecified atom stereocenters. The maximum atomic E-state index is 11.7. The van der Waals surface area contributed by atoms with Gasteiger partial charge in [0, 0.05) is 6.04 Å². The minimum atomic E-state index is -1.16. The van der Waals surface area contributed by atoms with Crippen LogP contribution in [-0.2, 0) is 25.5 Å². The molecule has 8 nitrogen and oxygen atoms in total. The summed E-state index contributed by atoms with van der Waals surface area (Å²) in [5, 5.41) is 6.95. The molecule has 0 fully saturated rings. The molecule has 1 aromatic carbocycles. The lowest BCUT2D eigenvalue weighted by atomic mass is 10.1. The average molecular weight is 349 g/mol. The summed E-state index contributed by atoms with van der Waals surface area (Å²) in [4.78, 5) is 46.5. The van der Waals surface area contributed by atoms with E-state index in [1.165, 1.54) is 6.92 Å². The number of rotatable bonds is 7. The summed E-state index contributed by atoms with van der Waals surface area (Å²) in [5.74, 6) is -1.85. The van der Waals surface area contributed by atoms with Gasteiger partial charge >= 0.3 is 12.0 Å². The highest BCUT2D eigenvalue weighted by Gasteiger charge is 2.20. The minimum absolute atomic E-state index is 0.134. The molecule has 1 rings (SSSR count). The molecule has 1 aromatic rings. The van der Waals surface area contributed by atoms with Crippen molar-refractivity contribution in [2.24, 2.45) is 0 Å².